The smallest absolute Gasteiger partial charge is 0.407 e. The van der Waals surface area contributed by atoms with Gasteiger partial charge in [-0.15, -0.1) is 24.0 Å². The molecular formula is C18H36IN5O3. The number of ether oxygens (including phenoxy) is 1. The maximum absolute atomic E-state index is 12.1. The first-order valence-corrected chi connectivity index (χ1v) is 9.22. The zero-order valence-corrected chi connectivity index (χ0v) is 20.0. The van der Waals surface area contributed by atoms with Crippen LogP contribution in [0.1, 0.15) is 48.0 Å². The molecule has 0 aromatic heterocycles. The molecule has 1 rings (SSSR count). The molecule has 0 aromatic carbocycles. The summed E-state index contributed by atoms with van der Waals surface area (Å²) in [6, 6.07) is 0.0137. The zero-order valence-electron chi connectivity index (χ0n) is 17.6. The van der Waals surface area contributed by atoms with Crippen LogP contribution < -0.4 is 16.0 Å². The quantitative estimate of drug-likeness (QED) is 0.307. The minimum absolute atomic E-state index is 0. The second-order valence-electron chi connectivity index (χ2n) is 8.22. The van der Waals surface area contributed by atoms with Crippen LogP contribution in [0.5, 0.6) is 0 Å². The number of likely N-dealkylation sites (tertiary alicyclic amines) is 1. The van der Waals surface area contributed by atoms with Gasteiger partial charge in [0.25, 0.3) is 0 Å². The van der Waals surface area contributed by atoms with Gasteiger partial charge in [0.1, 0.15) is 5.60 Å². The lowest BCUT2D eigenvalue weighted by Gasteiger charge is -2.28. The Morgan fingerprint density at radius 2 is 1.81 bits per heavy atom. The van der Waals surface area contributed by atoms with Crippen molar-refractivity contribution in [3.8, 4) is 0 Å². The van der Waals surface area contributed by atoms with Gasteiger partial charge >= 0.3 is 6.09 Å². The molecule has 1 unspecified atom stereocenters. The summed E-state index contributed by atoms with van der Waals surface area (Å²) in [7, 11) is 1.72. The summed E-state index contributed by atoms with van der Waals surface area (Å²) >= 11 is 0. The van der Waals surface area contributed by atoms with Crippen molar-refractivity contribution in [1.82, 2.24) is 20.9 Å². The van der Waals surface area contributed by atoms with Gasteiger partial charge in [0.05, 0.1) is 11.5 Å². The molecule has 158 valence electrons. The van der Waals surface area contributed by atoms with Crippen molar-refractivity contribution in [3.63, 3.8) is 0 Å². The van der Waals surface area contributed by atoms with Crippen molar-refractivity contribution in [2.75, 3.05) is 33.2 Å². The van der Waals surface area contributed by atoms with E-state index in [4.69, 9.17) is 4.74 Å². The molecule has 9 heteroatoms. The summed E-state index contributed by atoms with van der Waals surface area (Å²) in [5.74, 6) is 0.740. The van der Waals surface area contributed by atoms with Gasteiger partial charge in [0.2, 0.25) is 5.91 Å². The first-order valence-electron chi connectivity index (χ1n) is 9.22. The van der Waals surface area contributed by atoms with E-state index < -0.39 is 17.1 Å². The molecule has 0 bridgehead atoms. The molecular weight excluding hydrogens is 461 g/mol. The third kappa shape index (κ3) is 8.98. The number of rotatable bonds is 5. The molecule has 1 fully saturated rings. The fourth-order valence-electron chi connectivity index (χ4n) is 2.66. The number of nitrogens with one attached hydrogen (secondary N) is 3. The van der Waals surface area contributed by atoms with Crippen molar-refractivity contribution in [2.45, 2.75) is 59.6 Å². The van der Waals surface area contributed by atoms with Crippen molar-refractivity contribution >= 4 is 41.9 Å². The number of carbonyl (C=O) groups excluding carboxylic acids is 2. The zero-order chi connectivity index (χ0) is 20.0. The molecule has 0 aliphatic carbocycles. The van der Waals surface area contributed by atoms with E-state index in [1.165, 1.54) is 0 Å². The largest absolute Gasteiger partial charge is 0.444 e. The predicted octanol–water partition coefficient (Wildman–Crippen LogP) is 1.94. The van der Waals surface area contributed by atoms with Gasteiger partial charge in [-0.1, -0.05) is 0 Å². The first-order chi connectivity index (χ1) is 12.0. The number of alkyl carbamates (subject to hydrolysis) is 1. The number of nitrogens with zero attached hydrogens (tertiary/aromatic N) is 2. The van der Waals surface area contributed by atoms with Crippen LogP contribution in [0.2, 0.25) is 0 Å². The van der Waals surface area contributed by atoms with Gasteiger partial charge < -0.3 is 25.6 Å². The minimum atomic E-state index is -0.542. The van der Waals surface area contributed by atoms with Crippen molar-refractivity contribution in [3.05, 3.63) is 0 Å². The van der Waals surface area contributed by atoms with Crippen LogP contribution in [0.25, 0.3) is 0 Å². The van der Waals surface area contributed by atoms with E-state index in [0.717, 1.165) is 18.9 Å². The molecule has 1 heterocycles. The summed E-state index contributed by atoms with van der Waals surface area (Å²) in [6.07, 6.45) is 0.421. The van der Waals surface area contributed by atoms with Crippen LogP contribution in [0.15, 0.2) is 4.99 Å². The summed E-state index contributed by atoms with van der Waals surface area (Å²) in [5.41, 5.74) is -1.05. The normalized spacial score (nSPS) is 17.8. The van der Waals surface area contributed by atoms with E-state index >= 15 is 0 Å². The monoisotopic (exact) mass is 497 g/mol. The molecule has 1 atom stereocenters. The van der Waals surface area contributed by atoms with Crippen LogP contribution in [-0.2, 0) is 9.53 Å². The van der Waals surface area contributed by atoms with Gasteiger partial charge in [-0.25, -0.2) is 4.79 Å². The first kappa shape index (κ1) is 25.7. The Labute approximate surface area is 180 Å². The third-order valence-corrected chi connectivity index (χ3v) is 4.06. The van der Waals surface area contributed by atoms with Crippen LogP contribution >= 0.6 is 24.0 Å². The van der Waals surface area contributed by atoms with Crippen LogP contribution in [-0.4, -0.2) is 67.7 Å². The van der Waals surface area contributed by atoms with Crippen molar-refractivity contribution < 1.29 is 14.3 Å². The van der Waals surface area contributed by atoms with Crippen molar-refractivity contribution in [2.24, 2.45) is 10.4 Å². The lowest BCUT2D eigenvalue weighted by atomic mass is 9.92. The molecule has 27 heavy (non-hydrogen) atoms. The Hall–Kier alpha value is -1.26. The molecule has 1 aliphatic heterocycles. The molecule has 1 saturated heterocycles. The molecule has 0 aromatic rings. The molecule has 3 N–H and O–H groups in total. The molecule has 1 aliphatic rings. The van der Waals surface area contributed by atoms with Crippen LogP contribution in [0.4, 0.5) is 4.79 Å². The number of halogens is 1. The van der Waals surface area contributed by atoms with Crippen LogP contribution in [0.3, 0.4) is 0 Å². The molecule has 0 saturated carbocycles. The summed E-state index contributed by atoms with van der Waals surface area (Å²) in [6.45, 7) is 13.8. The highest BCUT2D eigenvalue weighted by molar-refractivity contribution is 14.0. The highest BCUT2D eigenvalue weighted by atomic mass is 127. The number of carbonyl (C=O) groups is 2. The summed E-state index contributed by atoms with van der Waals surface area (Å²) in [5, 5.41) is 9.03. The molecule has 0 spiro atoms. The van der Waals surface area contributed by atoms with Crippen molar-refractivity contribution in [1.29, 1.82) is 0 Å². The summed E-state index contributed by atoms with van der Waals surface area (Å²) in [4.78, 5) is 30.4. The van der Waals surface area contributed by atoms with Gasteiger partial charge in [0, 0.05) is 33.2 Å². The van der Waals surface area contributed by atoms with Gasteiger partial charge in [-0.2, -0.15) is 0 Å². The van der Waals surface area contributed by atoms with E-state index in [1.807, 2.05) is 41.5 Å². The van der Waals surface area contributed by atoms with E-state index in [-0.39, 0.29) is 35.9 Å². The predicted molar refractivity (Wildman–Crippen MR) is 119 cm³/mol. The lowest BCUT2D eigenvalue weighted by Crippen LogP contribution is -2.49. The molecule has 2 amide bonds. The van der Waals surface area contributed by atoms with E-state index in [2.05, 4.69) is 25.8 Å². The second-order valence-corrected chi connectivity index (χ2v) is 8.22. The van der Waals surface area contributed by atoms with E-state index in [9.17, 15) is 9.59 Å². The number of guanidine groups is 1. The number of hydrogen-bond acceptors (Lipinski definition) is 4. The minimum Gasteiger partial charge on any atom is -0.444 e. The standard InChI is InChI=1S/C18H35N5O3.HI/c1-8-20-14(24)18(5,6)12-21-15(19-7)23-10-9-13(11-23)22-16(25)26-17(2,3)4;/h13H,8-12H2,1-7H3,(H,19,21)(H,20,24)(H,22,25);1H. The van der Waals surface area contributed by atoms with Gasteiger partial charge in [0.15, 0.2) is 5.96 Å². The number of amides is 2. The highest BCUT2D eigenvalue weighted by Crippen LogP contribution is 2.15. The Kier molecular flexibility index (Phi) is 10.4. The second kappa shape index (κ2) is 10.9. The Morgan fingerprint density at radius 1 is 1.19 bits per heavy atom. The van der Waals surface area contributed by atoms with Crippen LogP contribution in [0, 0.1) is 5.41 Å². The SMILES string of the molecule is CCNC(=O)C(C)(C)CNC(=NC)N1CCC(NC(=O)OC(C)(C)C)C1.I. The molecule has 8 nitrogen and oxygen atoms in total. The summed E-state index contributed by atoms with van der Waals surface area (Å²) < 4.78 is 5.30. The average Bonchev–Trinajstić information content (AvgIpc) is 2.94. The van der Waals surface area contributed by atoms with Gasteiger partial charge in [-0.05, 0) is 48.0 Å². The Morgan fingerprint density at radius 3 is 2.33 bits per heavy atom. The number of hydrogen-bond donors (Lipinski definition) is 3. The Bertz CT molecular complexity index is 532. The fraction of sp³-hybridized carbons (Fsp3) is 0.833. The average molecular weight is 497 g/mol. The Balaban J connectivity index is 0.00000676. The highest BCUT2D eigenvalue weighted by Gasteiger charge is 2.31. The van der Waals surface area contributed by atoms with Gasteiger partial charge in [-0.3, -0.25) is 9.79 Å². The van der Waals surface area contributed by atoms with E-state index in [0.29, 0.717) is 19.6 Å². The third-order valence-electron chi connectivity index (χ3n) is 4.06. The maximum atomic E-state index is 12.1. The lowest BCUT2D eigenvalue weighted by molar-refractivity contribution is -0.128. The number of aliphatic imine (C=N–C) groups is 1. The molecule has 0 radical (unpaired) electrons. The maximum Gasteiger partial charge on any atom is 0.407 e. The van der Waals surface area contributed by atoms with E-state index in [1.54, 1.807) is 7.05 Å². The topological polar surface area (TPSA) is 95.1 Å². The fourth-order valence-corrected chi connectivity index (χ4v) is 2.66.